The second kappa shape index (κ2) is 8.75. The fraction of sp³-hybridized carbons (Fsp3) is 0.600. The van der Waals surface area contributed by atoms with Crippen LogP contribution >= 0.6 is 23.1 Å². The van der Waals surface area contributed by atoms with Crippen LogP contribution in [0.4, 0.5) is 5.13 Å². The van der Waals surface area contributed by atoms with Crippen LogP contribution in [0.5, 0.6) is 0 Å². The molecule has 1 aliphatic heterocycles. The van der Waals surface area contributed by atoms with Crippen LogP contribution in [-0.2, 0) is 22.6 Å². The molecule has 1 fully saturated rings. The molecule has 0 saturated carbocycles. The number of thiazole rings is 1. The molecular weight excluding hydrogens is 360 g/mol. The van der Waals surface area contributed by atoms with Gasteiger partial charge in [0.05, 0.1) is 31.2 Å². The fourth-order valence-electron chi connectivity index (χ4n) is 2.52. The highest BCUT2D eigenvalue weighted by molar-refractivity contribution is 7.99. The van der Waals surface area contributed by atoms with E-state index < -0.39 is 0 Å². The zero-order valence-electron chi connectivity index (χ0n) is 14.4. The number of rotatable bonds is 7. The molecule has 3 heterocycles. The van der Waals surface area contributed by atoms with Gasteiger partial charge in [-0.25, -0.2) is 4.98 Å². The fourth-order valence-corrected chi connectivity index (χ4v) is 4.04. The number of hydrogen-bond acceptors (Lipinski definition) is 8. The van der Waals surface area contributed by atoms with E-state index in [4.69, 9.17) is 4.74 Å². The van der Waals surface area contributed by atoms with Gasteiger partial charge in [-0.2, -0.15) is 0 Å². The maximum Gasteiger partial charge on any atom is 0.236 e. The average Bonchev–Trinajstić information content (AvgIpc) is 3.19. The minimum absolute atomic E-state index is 0.0836. The quantitative estimate of drug-likeness (QED) is 0.729. The van der Waals surface area contributed by atoms with Crippen molar-refractivity contribution in [2.45, 2.75) is 32.1 Å². The zero-order chi connectivity index (χ0) is 17.6. The minimum atomic E-state index is -0.0836. The molecule has 0 aromatic carbocycles. The van der Waals surface area contributed by atoms with Crippen molar-refractivity contribution in [2.75, 3.05) is 37.4 Å². The number of aromatic nitrogens is 4. The molecule has 25 heavy (non-hydrogen) atoms. The molecule has 2 aromatic heterocycles. The first-order chi connectivity index (χ1) is 12.2. The van der Waals surface area contributed by atoms with Crippen molar-refractivity contribution in [3.05, 3.63) is 16.9 Å². The lowest BCUT2D eigenvalue weighted by Crippen LogP contribution is -2.36. The predicted molar refractivity (Wildman–Crippen MR) is 98.0 cm³/mol. The number of thioether (sulfide) groups is 1. The summed E-state index contributed by atoms with van der Waals surface area (Å²) in [6.07, 6.45) is 0. The van der Waals surface area contributed by atoms with Gasteiger partial charge >= 0.3 is 0 Å². The summed E-state index contributed by atoms with van der Waals surface area (Å²) in [6.45, 7) is 8.85. The van der Waals surface area contributed by atoms with Crippen LogP contribution in [0, 0.1) is 6.92 Å². The van der Waals surface area contributed by atoms with Gasteiger partial charge in [-0.05, 0) is 13.8 Å². The summed E-state index contributed by atoms with van der Waals surface area (Å²) >= 11 is 2.83. The van der Waals surface area contributed by atoms with Crippen molar-refractivity contribution in [2.24, 2.45) is 0 Å². The molecule has 0 atom stereocenters. The molecule has 10 heteroatoms. The number of anilines is 1. The molecule has 1 saturated heterocycles. The Kier molecular flexibility index (Phi) is 6.40. The van der Waals surface area contributed by atoms with Gasteiger partial charge < -0.3 is 14.6 Å². The van der Waals surface area contributed by atoms with Gasteiger partial charge in [0, 0.05) is 25.0 Å². The first-order valence-electron chi connectivity index (χ1n) is 8.22. The van der Waals surface area contributed by atoms with E-state index in [1.807, 2.05) is 12.3 Å². The van der Waals surface area contributed by atoms with Gasteiger partial charge in [-0.3, -0.25) is 9.69 Å². The van der Waals surface area contributed by atoms with Crippen molar-refractivity contribution in [3.8, 4) is 0 Å². The van der Waals surface area contributed by atoms with E-state index in [0.717, 1.165) is 56.1 Å². The average molecular weight is 383 g/mol. The van der Waals surface area contributed by atoms with E-state index in [2.05, 4.69) is 36.9 Å². The van der Waals surface area contributed by atoms with Gasteiger partial charge in [-0.1, -0.05) is 11.8 Å². The highest BCUT2D eigenvalue weighted by atomic mass is 32.2. The molecule has 2 aromatic rings. The number of aryl methyl sites for hydroxylation is 1. The number of ether oxygens (including phenoxy) is 1. The van der Waals surface area contributed by atoms with E-state index in [-0.39, 0.29) is 11.7 Å². The largest absolute Gasteiger partial charge is 0.379 e. The van der Waals surface area contributed by atoms with Gasteiger partial charge in [-0.15, -0.1) is 21.5 Å². The summed E-state index contributed by atoms with van der Waals surface area (Å²) < 4.78 is 7.45. The molecule has 0 bridgehead atoms. The number of amides is 1. The highest BCUT2D eigenvalue weighted by Gasteiger charge is 2.17. The molecule has 8 nitrogen and oxygen atoms in total. The third-order valence-electron chi connectivity index (χ3n) is 3.78. The Hall–Kier alpha value is -1.49. The zero-order valence-corrected chi connectivity index (χ0v) is 16.0. The Morgan fingerprint density at radius 3 is 2.88 bits per heavy atom. The van der Waals surface area contributed by atoms with E-state index >= 15 is 0 Å². The Labute approximate surface area is 155 Å². The normalized spacial score (nSPS) is 15.4. The number of nitrogens with one attached hydrogen (secondary N) is 1. The van der Waals surface area contributed by atoms with Crippen LogP contribution in [0.25, 0.3) is 0 Å². The summed E-state index contributed by atoms with van der Waals surface area (Å²) in [5.41, 5.74) is 0.909. The summed E-state index contributed by atoms with van der Waals surface area (Å²) in [4.78, 5) is 18.6. The first-order valence-corrected chi connectivity index (χ1v) is 10.1. The summed E-state index contributed by atoms with van der Waals surface area (Å²) in [7, 11) is 0. The molecule has 136 valence electrons. The molecule has 1 aliphatic rings. The number of nitrogens with zero attached hydrogens (tertiary/aromatic N) is 5. The van der Waals surface area contributed by atoms with Crippen LogP contribution in [0.1, 0.15) is 18.4 Å². The van der Waals surface area contributed by atoms with Gasteiger partial charge in [0.2, 0.25) is 5.91 Å². The molecular formula is C15H22N6O2S2. The topological polar surface area (TPSA) is 85.2 Å². The Bertz CT molecular complexity index is 711. The van der Waals surface area contributed by atoms with E-state index in [9.17, 15) is 4.79 Å². The number of carbonyl (C=O) groups excluding carboxylic acids is 1. The second-order valence-electron chi connectivity index (χ2n) is 5.66. The van der Waals surface area contributed by atoms with E-state index in [0.29, 0.717) is 5.13 Å². The molecule has 3 rings (SSSR count). The number of hydrogen-bond donors (Lipinski definition) is 1. The standard InChI is InChI=1S/C15H22N6O2S2/c1-3-21-12(8-20-4-6-23-7-5-20)18-19-15(21)25-10-13(22)17-14-16-11(2)9-24-14/h9H,3-8,10H2,1-2H3,(H,16,17,22). The van der Waals surface area contributed by atoms with Gasteiger partial charge in [0.15, 0.2) is 10.3 Å². The lowest BCUT2D eigenvalue weighted by atomic mass is 10.4. The van der Waals surface area contributed by atoms with Crippen LogP contribution in [0.15, 0.2) is 10.5 Å². The van der Waals surface area contributed by atoms with E-state index in [1.165, 1.54) is 23.1 Å². The molecule has 0 aliphatic carbocycles. The third kappa shape index (κ3) is 5.00. The Morgan fingerprint density at radius 2 is 2.20 bits per heavy atom. The first kappa shape index (κ1) is 18.3. The van der Waals surface area contributed by atoms with Gasteiger partial charge in [0.1, 0.15) is 5.82 Å². The minimum Gasteiger partial charge on any atom is -0.379 e. The predicted octanol–water partition coefficient (Wildman–Crippen LogP) is 1.63. The smallest absolute Gasteiger partial charge is 0.236 e. The van der Waals surface area contributed by atoms with Crippen LogP contribution in [0.2, 0.25) is 0 Å². The van der Waals surface area contributed by atoms with Crippen molar-refractivity contribution in [3.63, 3.8) is 0 Å². The summed E-state index contributed by atoms with van der Waals surface area (Å²) in [6, 6.07) is 0. The highest BCUT2D eigenvalue weighted by Crippen LogP contribution is 2.20. The molecule has 0 spiro atoms. The number of morpholine rings is 1. The molecule has 1 amide bonds. The summed E-state index contributed by atoms with van der Waals surface area (Å²) in [5.74, 6) is 1.14. The molecule has 0 radical (unpaired) electrons. The monoisotopic (exact) mass is 382 g/mol. The van der Waals surface area contributed by atoms with Crippen molar-refractivity contribution >= 4 is 34.1 Å². The molecule has 0 unspecified atom stereocenters. The van der Waals surface area contributed by atoms with Crippen molar-refractivity contribution in [1.29, 1.82) is 0 Å². The maximum absolute atomic E-state index is 12.1. The van der Waals surface area contributed by atoms with Crippen molar-refractivity contribution < 1.29 is 9.53 Å². The number of carbonyl (C=O) groups is 1. The van der Waals surface area contributed by atoms with Crippen molar-refractivity contribution in [1.82, 2.24) is 24.6 Å². The Morgan fingerprint density at radius 1 is 1.40 bits per heavy atom. The van der Waals surface area contributed by atoms with E-state index in [1.54, 1.807) is 0 Å². The van der Waals surface area contributed by atoms with Gasteiger partial charge in [0.25, 0.3) is 0 Å². The second-order valence-corrected chi connectivity index (χ2v) is 7.46. The lowest BCUT2D eigenvalue weighted by Gasteiger charge is -2.26. The van der Waals surface area contributed by atoms with Crippen LogP contribution in [0.3, 0.4) is 0 Å². The SMILES string of the molecule is CCn1c(CN2CCOCC2)nnc1SCC(=O)Nc1nc(C)cs1. The van der Waals surface area contributed by atoms with Crippen LogP contribution in [-0.4, -0.2) is 62.6 Å². The molecule has 1 N–H and O–H groups in total. The third-order valence-corrected chi connectivity index (χ3v) is 5.62. The maximum atomic E-state index is 12.1. The Balaban J connectivity index is 1.55. The van der Waals surface area contributed by atoms with Crippen LogP contribution < -0.4 is 5.32 Å². The summed E-state index contributed by atoms with van der Waals surface area (Å²) in [5, 5.41) is 14.7. The lowest BCUT2D eigenvalue weighted by molar-refractivity contribution is -0.113.